The molecule has 2 atom stereocenters. The number of imidazole rings is 1. The summed E-state index contributed by atoms with van der Waals surface area (Å²) < 4.78 is 19.6. The van der Waals surface area contributed by atoms with Gasteiger partial charge in [-0.15, -0.1) is 0 Å². The molecule has 0 bridgehead atoms. The van der Waals surface area contributed by atoms with E-state index in [-0.39, 0.29) is 24.3 Å². The highest BCUT2D eigenvalue weighted by Crippen LogP contribution is 2.45. The van der Waals surface area contributed by atoms with E-state index in [1.165, 1.54) is 25.0 Å². The van der Waals surface area contributed by atoms with Gasteiger partial charge in [0.15, 0.2) is 0 Å². The van der Waals surface area contributed by atoms with Gasteiger partial charge in [-0.2, -0.15) is 0 Å². The lowest BCUT2D eigenvalue weighted by Crippen LogP contribution is -2.49. The minimum Gasteiger partial charge on any atom is -0.490 e. The second kappa shape index (κ2) is 9.07. The van der Waals surface area contributed by atoms with Crippen LogP contribution in [0.25, 0.3) is 11.0 Å². The van der Waals surface area contributed by atoms with Crippen molar-refractivity contribution >= 4 is 11.0 Å². The maximum absolute atomic E-state index is 13.7. The van der Waals surface area contributed by atoms with Crippen molar-refractivity contribution in [3.05, 3.63) is 59.7 Å². The summed E-state index contributed by atoms with van der Waals surface area (Å²) in [4.78, 5) is 10.6. The molecule has 3 aromatic rings. The maximum Gasteiger partial charge on any atom is 0.126 e. The fraction of sp³-hybridized carbons (Fsp3) is 0.519. The van der Waals surface area contributed by atoms with Crippen LogP contribution < -0.4 is 4.74 Å². The van der Waals surface area contributed by atoms with Gasteiger partial charge < -0.3 is 19.7 Å². The van der Waals surface area contributed by atoms with E-state index in [1.54, 1.807) is 6.07 Å². The number of para-hydroxylation sites is 2. The number of rotatable bonds is 9. The summed E-state index contributed by atoms with van der Waals surface area (Å²) in [5.74, 6) is 1.47. The highest BCUT2D eigenvalue weighted by atomic mass is 19.1. The average molecular weight is 452 g/mol. The van der Waals surface area contributed by atoms with Gasteiger partial charge >= 0.3 is 0 Å². The molecule has 1 saturated carbocycles. The molecule has 1 aliphatic carbocycles. The van der Waals surface area contributed by atoms with E-state index in [9.17, 15) is 9.50 Å². The van der Waals surface area contributed by atoms with Crippen LogP contribution in [0.5, 0.6) is 5.75 Å². The summed E-state index contributed by atoms with van der Waals surface area (Å²) in [6.45, 7) is 6.29. The number of benzene rings is 2. The fourth-order valence-corrected chi connectivity index (χ4v) is 5.51. The number of aryl methyl sites for hydroxylation is 1. The Balaban J connectivity index is 1.22. The number of halogens is 1. The van der Waals surface area contributed by atoms with E-state index >= 15 is 0 Å². The topological polar surface area (TPSA) is 61.4 Å². The third kappa shape index (κ3) is 4.78. The molecule has 0 unspecified atom stereocenters. The van der Waals surface area contributed by atoms with Crippen LogP contribution in [0.4, 0.5) is 4.39 Å². The molecule has 5 rings (SSSR count). The zero-order valence-corrected chi connectivity index (χ0v) is 19.6. The largest absolute Gasteiger partial charge is 0.490 e. The van der Waals surface area contributed by atoms with Gasteiger partial charge in [-0.05, 0) is 56.3 Å². The second-order valence-electron chi connectivity index (χ2n) is 10.1. The molecule has 2 N–H and O–H groups in total. The first-order chi connectivity index (χ1) is 15.9. The lowest BCUT2D eigenvalue weighted by atomic mass is 9.72. The van der Waals surface area contributed by atoms with Crippen LogP contribution in [-0.2, 0) is 6.42 Å². The molecule has 0 spiro atoms. The van der Waals surface area contributed by atoms with Crippen molar-refractivity contribution < 1.29 is 14.2 Å². The van der Waals surface area contributed by atoms with E-state index in [0.29, 0.717) is 18.2 Å². The Morgan fingerprint density at radius 1 is 1.21 bits per heavy atom. The van der Waals surface area contributed by atoms with Gasteiger partial charge in [0.2, 0.25) is 0 Å². The van der Waals surface area contributed by atoms with E-state index in [4.69, 9.17) is 9.72 Å². The minimum absolute atomic E-state index is 0.0709. The minimum atomic E-state index is -0.954. The average Bonchev–Trinajstić information content (AvgIpc) is 3.54. The van der Waals surface area contributed by atoms with Crippen LogP contribution in [-0.4, -0.2) is 51.3 Å². The highest BCUT2D eigenvalue weighted by Gasteiger charge is 2.45. The normalized spacial score (nSPS) is 22.7. The zero-order chi connectivity index (χ0) is 23.0. The summed E-state index contributed by atoms with van der Waals surface area (Å²) in [5.41, 5.74) is 2.07. The summed E-state index contributed by atoms with van der Waals surface area (Å²) in [6.07, 6.45) is 5.05. The standard InChI is InChI=1S/C27H34FN3O2/c1-18(2)26-21-12-9-19(28)16-24(21)33-17-27(26,32)13-15-31(20-10-11-20)14-5-8-25-29-22-6-3-4-7-23(22)30-25/h3-4,6-7,9,12,16,18,20,26,32H,5,8,10-11,13-15,17H2,1-2H3,(H,29,30)/t26-,27+/m0/s1. The Morgan fingerprint density at radius 3 is 2.79 bits per heavy atom. The summed E-state index contributed by atoms with van der Waals surface area (Å²) >= 11 is 0. The Kier molecular flexibility index (Phi) is 6.14. The third-order valence-electron chi connectivity index (χ3n) is 7.23. The molecular formula is C27H34FN3O2. The number of nitrogens with zero attached hydrogens (tertiary/aromatic N) is 2. The number of hydrogen-bond acceptors (Lipinski definition) is 4. The molecule has 33 heavy (non-hydrogen) atoms. The van der Waals surface area contributed by atoms with Crippen LogP contribution in [0.1, 0.15) is 56.8 Å². The number of aromatic nitrogens is 2. The maximum atomic E-state index is 13.7. The van der Waals surface area contributed by atoms with E-state index in [2.05, 4.69) is 29.8 Å². The van der Waals surface area contributed by atoms with Gasteiger partial charge in [0.25, 0.3) is 0 Å². The number of hydrogen-bond donors (Lipinski definition) is 2. The zero-order valence-electron chi connectivity index (χ0n) is 19.6. The van der Waals surface area contributed by atoms with Gasteiger partial charge in [0.1, 0.15) is 29.6 Å². The number of nitrogens with one attached hydrogen (secondary N) is 1. The quantitative estimate of drug-likeness (QED) is 0.478. The van der Waals surface area contributed by atoms with Crippen molar-refractivity contribution in [3.63, 3.8) is 0 Å². The Morgan fingerprint density at radius 2 is 2.03 bits per heavy atom. The van der Waals surface area contributed by atoms with Crippen LogP contribution in [0.2, 0.25) is 0 Å². The first-order valence-electron chi connectivity index (χ1n) is 12.3. The molecule has 6 heteroatoms. The SMILES string of the molecule is CC(C)[C@H]1c2ccc(F)cc2OC[C@]1(O)CCN(CCCc1nc2ccccc2[nH]1)C1CC1. The Hall–Kier alpha value is -2.44. The van der Waals surface area contributed by atoms with Crippen molar-refractivity contribution in [2.45, 2.75) is 63.5 Å². The predicted molar refractivity (Wildman–Crippen MR) is 128 cm³/mol. The van der Waals surface area contributed by atoms with Gasteiger partial charge in [-0.1, -0.05) is 32.0 Å². The monoisotopic (exact) mass is 451 g/mol. The van der Waals surface area contributed by atoms with Gasteiger partial charge in [-0.25, -0.2) is 9.37 Å². The third-order valence-corrected chi connectivity index (χ3v) is 7.23. The molecule has 0 radical (unpaired) electrons. The van der Waals surface area contributed by atoms with Gasteiger partial charge in [0.05, 0.1) is 11.0 Å². The molecular weight excluding hydrogens is 417 g/mol. The van der Waals surface area contributed by atoms with E-state index < -0.39 is 5.60 Å². The molecule has 2 heterocycles. The number of H-pyrrole nitrogens is 1. The van der Waals surface area contributed by atoms with Crippen molar-refractivity contribution in [3.8, 4) is 5.75 Å². The predicted octanol–water partition coefficient (Wildman–Crippen LogP) is 5.05. The lowest BCUT2D eigenvalue weighted by Gasteiger charge is -2.44. The van der Waals surface area contributed by atoms with Crippen molar-refractivity contribution in [2.24, 2.45) is 5.92 Å². The molecule has 2 aromatic carbocycles. The second-order valence-corrected chi connectivity index (χ2v) is 10.1. The molecule has 5 nitrogen and oxygen atoms in total. The van der Waals surface area contributed by atoms with E-state index in [0.717, 1.165) is 48.4 Å². The van der Waals surface area contributed by atoms with Crippen LogP contribution in [0, 0.1) is 11.7 Å². The van der Waals surface area contributed by atoms with E-state index in [1.807, 2.05) is 18.2 Å². The summed E-state index contributed by atoms with van der Waals surface area (Å²) in [5, 5.41) is 11.7. The molecule has 1 aliphatic heterocycles. The fourth-order valence-electron chi connectivity index (χ4n) is 5.51. The van der Waals surface area contributed by atoms with Crippen LogP contribution in [0.3, 0.4) is 0 Å². The first kappa shape index (κ1) is 22.4. The number of fused-ring (bicyclic) bond motifs is 2. The summed E-state index contributed by atoms with van der Waals surface area (Å²) in [7, 11) is 0. The van der Waals surface area contributed by atoms with Crippen LogP contribution >= 0.6 is 0 Å². The van der Waals surface area contributed by atoms with Crippen LogP contribution in [0.15, 0.2) is 42.5 Å². The lowest BCUT2D eigenvalue weighted by molar-refractivity contribution is -0.0653. The smallest absolute Gasteiger partial charge is 0.126 e. The molecule has 1 aromatic heterocycles. The molecule has 0 amide bonds. The van der Waals surface area contributed by atoms with Crippen molar-refractivity contribution in [2.75, 3.05) is 19.7 Å². The van der Waals surface area contributed by atoms with Crippen molar-refractivity contribution in [1.82, 2.24) is 14.9 Å². The highest BCUT2D eigenvalue weighted by molar-refractivity contribution is 5.74. The van der Waals surface area contributed by atoms with Gasteiger partial charge in [-0.3, -0.25) is 0 Å². The number of aliphatic hydroxyl groups is 1. The first-order valence-corrected chi connectivity index (χ1v) is 12.3. The molecule has 2 aliphatic rings. The number of ether oxygens (including phenoxy) is 1. The van der Waals surface area contributed by atoms with Gasteiger partial charge in [0, 0.05) is 36.6 Å². The Bertz CT molecular complexity index is 1080. The van der Waals surface area contributed by atoms with Crippen molar-refractivity contribution in [1.29, 1.82) is 0 Å². The molecule has 1 fully saturated rings. The number of aromatic amines is 1. The molecule has 0 saturated heterocycles. The summed E-state index contributed by atoms with van der Waals surface area (Å²) in [6, 6.07) is 13.5. The molecule has 176 valence electrons. The Labute approximate surface area is 195 Å².